The van der Waals surface area contributed by atoms with Crippen LogP contribution < -0.4 is 15.2 Å². The van der Waals surface area contributed by atoms with Crippen molar-refractivity contribution in [3.05, 3.63) is 59.7 Å². The molecule has 9 heteroatoms. The Hall–Kier alpha value is -3.23. The number of hydrogen-bond acceptors (Lipinski definition) is 4. The second-order valence-corrected chi connectivity index (χ2v) is 5.57. The fraction of sp³-hybridized carbons (Fsp3) is 0.222. The van der Waals surface area contributed by atoms with Crippen LogP contribution in [-0.4, -0.2) is 36.7 Å². The topological polar surface area (TPSA) is 81.9 Å². The lowest BCUT2D eigenvalue weighted by Crippen LogP contribution is -2.28. The molecule has 6 nitrogen and oxygen atoms in total. The fourth-order valence-electron chi connectivity index (χ4n) is 2.31. The van der Waals surface area contributed by atoms with E-state index in [0.29, 0.717) is 0 Å². The van der Waals surface area contributed by atoms with Crippen molar-refractivity contribution in [1.82, 2.24) is 4.90 Å². The molecule has 144 valence electrons. The van der Waals surface area contributed by atoms with E-state index in [4.69, 9.17) is 10.5 Å². The highest BCUT2D eigenvalue weighted by Gasteiger charge is 2.32. The normalized spacial score (nSPS) is 11.0. The number of nitrogens with zero attached hydrogens (tertiary/aromatic N) is 1. The number of halogens is 3. The Labute approximate surface area is 153 Å². The molecule has 0 aliphatic carbocycles. The molecule has 0 atom stereocenters. The summed E-state index contributed by atoms with van der Waals surface area (Å²) >= 11 is 0. The van der Waals surface area contributed by atoms with E-state index in [0.717, 1.165) is 0 Å². The molecule has 0 unspecified atom stereocenters. The van der Waals surface area contributed by atoms with Crippen molar-refractivity contribution >= 4 is 11.8 Å². The van der Waals surface area contributed by atoms with Crippen LogP contribution in [0.4, 0.5) is 13.2 Å². The van der Waals surface area contributed by atoms with Crippen LogP contribution in [-0.2, 0) is 11.3 Å². The molecule has 2 rings (SSSR count). The predicted octanol–water partition coefficient (Wildman–Crippen LogP) is 2.72. The Kier molecular flexibility index (Phi) is 6.27. The largest absolute Gasteiger partial charge is 0.573 e. The van der Waals surface area contributed by atoms with E-state index >= 15 is 0 Å². The van der Waals surface area contributed by atoms with Gasteiger partial charge in [-0.2, -0.15) is 0 Å². The number of rotatable bonds is 7. The lowest BCUT2D eigenvalue weighted by molar-refractivity contribution is -0.275. The summed E-state index contributed by atoms with van der Waals surface area (Å²) in [5.41, 5.74) is 5.36. The SMILES string of the molecule is CN(Cc1ccccc1OC(F)(F)F)C(=O)c1ccccc1OCC(N)=O. The zero-order chi connectivity index (χ0) is 20.0. The zero-order valence-corrected chi connectivity index (χ0v) is 14.3. The molecule has 2 aromatic carbocycles. The first kappa shape index (κ1) is 20.1. The van der Waals surface area contributed by atoms with Gasteiger partial charge < -0.3 is 20.1 Å². The summed E-state index contributed by atoms with van der Waals surface area (Å²) in [5.74, 6) is -1.45. The molecule has 0 saturated carbocycles. The number of para-hydroxylation sites is 2. The van der Waals surface area contributed by atoms with Crippen LogP contribution in [0.15, 0.2) is 48.5 Å². The Bertz CT molecular complexity index is 824. The third-order valence-corrected chi connectivity index (χ3v) is 3.44. The number of benzene rings is 2. The average molecular weight is 382 g/mol. The predicted molar refractivity (Wildman–Crippen MR) is 90.1 cm³/mol. The molecular formula is C18H17F3N2O4. The van der Waals surface area contributed by atoms with E-state index < -0.39 is 24.8 Å². The van der Waals surface area contributed by atoms with Crippen molar-refractivity contribution in [2.24, 2.45) is 5.73 Å². The third-order valence-electron chi connectivity index (χ3n) is 3.44. The van der Waals surface area contributed by atoms with Gasteiger partial charge in [0, 0.05) is 19.2 Å². The van der Waals surface area contributed by atoms with E-state index in [1.54, 1.807) is 18.2 Å². The minimum Gasteiger partial charge on any atom is -0.483 e. The second-order valence-electron chi connectivity index (χ2n) is 5.57. The lowest BCUT2D eigenvalue weighted by atomic mass is 10.1. The van der Waals surface area contributed by atoms with Gasteiger partial charge in [-0.1, -0.05) is 30.3 Å². The minimum atomic E-state index is -4.84. The first-order valence-electron chi connectivity index (χ1n) is 7.76. The van der Waals surface area contributed by atoms with Crippen LogP contribution in [0.1, 0.15) is 15.9 Å². The van der Waals surface area contributed by atoms with Gasteiger partial charge in [0.15, 0.2) is 6.61 Å². The number of alkyl halides is 3. The van der Waals surface area contributed by atoms with Crippen molar-refractivity contribution in [2.45, 2.75) is 12.9 Å². The smallest absolute Gasteiger partial charge is 0.483 e. The summed E-state index contributed by atoms with van der Waals surface area (Å²) in [4.78, 5) is 24.8. The standard InChI is InChI=1S/C18H17F3N2O4/c1-23(10-12-6-2-4-8-14(12)27-18(19,20)21)17(25)13-7-3-5-9-15(13)26-11-16(22)24/h2-9H,10-11H2,1H3,(H2,22,24). The maximum atomic E-state index is 12.7. The monoisotopic (exact) mass is 382 g/mol. The Morgan fingerprint density at radius 3 is 2.26 bits per heavy atom. The summed E-state index contributed by atoms with van der Waals surface area (Å²) in [6.45, 7) is -0.536. The van der Waals surface area contributed by atoms with E-state index in [2.05, 4.69) is 4.74 Å². The van der Waals surface area contributed by atoms with Gasteiger partial charge in [0.05, 0.1) is 5.56 Å². The van der Waals surface area contributed by atoms with E-state index in [-0.39, 0.29) is 29.2 Å². The van der Waals surface area contributed by atoms with Crippen LogP contribution in [0.25, 0.3) is 0 Å². The molecule has 2 amide bonds. The number of hydrogen-bond donors (Lipinski definition) is 1. The maximum absolute atomic E-state index is 12.7. The zero-order valence-electron chi connectivity index (χ0n) is 14.3. The molecule has 0 heterocycles. The molecule has 0 saturated heterocycles. The number of carbonyl (C=O) groups excluding carboxylic acids is 2. The molecule has 0 spiro atoms. The number of ether oxygens (including phenoxy) is 2. The third kappa shape index (κ3) is 5.91. The Morgan fingerprint density at radius 1 is 1.04 bits per heavy atom. The van der Waals surface area contributed by atoms with Crippen molar-refractivity contribution in [3.8, 4) is 11.5 Å². The first-order chi connectivity index (χ1) is 12.7. The first-order valence-corrected chi connectivity index (χ1v) is 7.76. The molecule has 0 aliphatic heterocycles. The van der Waals surface area contributed by atoms with E-state index in [9.17, 15) is 22.8 Å². The molecule has 2 aromatic rings. The van der Waals surface area contributed by atoms with Gasteiger partial charge in [-0.3, -0.25) is 9.59 Å². The van der Waals surface area contributed by atoms with Gasteiger partial charge >= 0.3 is 6.36 Å². The molecule has 0 aliphatic rings. The molecule has 0 aromatic heterocycles. The van der Waals surface area contributed by atoms with Gasteiger partial charge in [0.1, 0.15) is 11.5 Å². The van der Waals surface area contributed by atoms with Gasteiger partial charge in [0.25, 0.3) is 11.8 Å². The highest BCUT2D eigenvalue weighted by molar-refractivity contribution is 5.96. The minimum absolute atomic E-state index is 0.130. The number of primary amides is 1. The molecular weight excluding hydrogens is 365 g/mol. The summed E-state index contributed by atoms with van der Waals surface area (Å²) in [7, 11) is 1.43. The van der Waals surface area contributed by atoms with Gasteiger partial charge in [-0.15, -0.1) is 13.2 Å². The average Bonchev–Trinajstić information content (AvgIpc) is 2.60. The molecule has 27 heavy (non-hydrogen) atoms. The number of nitrogens with two attached hydrogens (primary N) is 1. The van der Waals surface area contributed by atoms with Crippen molar-refractivity contribution in [2.75, 3.05) is 13.7 Å². The summed E-state index contributed by atoms with van der Waals surface area (Å²) in [6.07, 6.45) is -4.84. The van der Waals surface area contributed by atoms with Crippen molar-refractivity contribution < 1.29 is 32.2 Å². The fourth-order valence-corrected chi connectivity index (χ4v) is 2.31. The lowest BCUT2D eigenvalue weighted by Gasteiger charge is -2.21. The molecule has 0 radical (unpaired) electrons. The number of carbonyl (C=O) groups is 2. The number of amides is 2. The van der Waals surface area contributed by atoms with Crippen molar-refractivity contribution in [3.63, 3.8) is 0 Å². The van der Waals surface area contributed by atoms with Crippen LogP contribution >= 0.6 is 0 Å². The second kappa shape index (κ2) is 8.43. The molecule has 0 bridgehead atoms. The highest BCUT2D eigenvalue weighted by Crippen LogP contribution is 2.28. The van der Waals surface area contributed by atoms with Gasteiger partial charge in [0.2, 0.25) is 0 Å². The van der Waals surface area contributed by atoms with Gasteiger partial charge in [-0.25, -0.2) is 0 Å². The highest BCUT2D eigenvalue weighted by atomic mass is 19.4. The summed E-state index contributed by atoms with van der Waals surface area (Å²) in [5, 5.41) is 0. The van der Waals surface area contributed by atoms with Crippen LogP contribution in [0.3, 0.4) is 0 Å². The molecule has 0 fully saturated rings. The Morgan fingerprint density at radius 2 is 1.63 bits per heavy atom. The summed E-state index contributed by atoms with van der Waals surface area (Å²) in [6, 6.07) is 11.7. The molecule has 2 N–H and O–H groups in total. The van der Waals surface area contributed by atoms with Crippen molar-refractivity contribution in [1.29, 1.82) is 0 Å². The quantitative estimate of drug-likeness (QED) is 0.798. The van der Waals surface area contributed by atoms with E-state index in [1.165, 1.54) is 42.3 Å². The van der Waals surface area contributed by atoms with Crippen LogP contribution in [0.2, 0.25) is 0 Å². The van der Waals surface area contributed by atoms with Gasteiger partial charge in [-0.05, 0) is 18.2 Å². The van der Waals surface area contributed by atoms with E-state index in [1.807, 2.05) is 0 Å². The summed E-state index contributed by atoms with van der Waals surface area (Å²) < 4.78 is 46.8. The van der Waals surface area contributed by atoms with Crippen LogP contribution in [0, 0.1) is 0 Å². The Balaban J connectivity index is 2.19. The van der Waals surface area contributed by atoms with Crippen LogP contribution in [0.5, 0.6) is 11.5 Å². The maximum Gasteiger partial charge on any atom is 0.573 e.